The summed E-state index contributed by atoms with van der Waals surface area (Å²) in [5.74, 6) is 0.271. The second-order valence-corrected chi connectivity index (χ2v) is 8.56. The Bertz CT molecular complexity index is 1270. The van der Waals surface area contributed by atoms with Crippen molar-refractivity contribution in [2.45, 2.75) is 12.5 Å². The van der Waals surface area contributed by atoms with Crippen molar-refractivity contribution in [2.75, 3.05) is 11.0 Å². The molecule has 148 valence electrons. The van der Waals surface area contributed by atoms with Gasteiger partial charge in [0.05, 0.1) is 6.26 Å². The molecule has 7 nitrogen and oxygen atoms in total. The van der Waals surface area contributed by atoms with E-state index >= 15 is 0 Å². The first-order valence-corrected chi connectivity index (χ1v) is 10.9. The van der Waals surface area contributed by atoms with Gasteiger partial charge in [-0.15, -0.1) is 0 Å². The summed E-state index contributed by atoms with van der Waals surface area (Å²) in [7, 11) is -3.39. The highest BCUT2D eigenvalue weighted by molar-refractivity contribution is 7.92. The first kappa shape index (κ1) is 19.1. The molecule has 3 N–H and O–H groups in total. The third kappa shape index (κ3) is 4.28. The topological polar surface area (TPSA) is 111 Å². The lowest BCUT2D eigenvalue weighted by Gasteiger charge is -2.16. The number of hydrogen-bond acceptors (Lipinski definition) is 6. The Labute approximate surface area is 168 Å². The number of para-hydroxylation sites is 1. The summed E-state index contributed by atoms with van der Waals surface area (Å²) in [6, 6.07) is 20.3. The zero-order valence-corrected chi connectivity index (χ0v) is 16.6. The van der Waals surface area contributed by atoms with Crippen molar-refractivity contribution in [2.24, 2.45) is 5.73 Å². The summed E-state index contributed by atoms with van der Waals surface area (Å²) in [5, 5.41) is 5.17. The molecule has 0 aliphatic rings. The molecule has 0 saturated carbocycles. The lowest BCUT2D eigenvalue weighted by Crippen LogP contribution is -2.16. The molecule has 2 heterocycles. The molecule has 0 spiro atoms. The molecular weight excluding hydrogens is 388 g/mol. The predicted octanol–water partition coefficient (Wildman–Crippen LogP) is 3.50. The number of benzene rings is 2. The molecule has 0 amide bonds. The van der Waals surface area contributed by atoms with Crippen molar-refractivity contribution >= 4 is 26.8 Å². The van der Waals surface area contributed by atoms with Gasteiger partial charge in [-0.1, -0.05) is 47.6 Å². The monoisotopic (exact) mass is 408 g/mol. The van der Waals surface area contributed by atoms with Gasteiger partial charge in [0.25, 0.3) is 0 Å². The number of nitrogens with zero attached hydrogens (tertiary/aromatic N) is 2. The van der Waals surface area contributed by atoms with Gasteiger partial charge in [0.1, 0.15) is 11.5 Å². The van der Waals surface area contributed by atoms with E-state index in [9.17, 15) is 8.42 Å². The molecule has 4 aromatic rings. The van der Waals surface area contributed by atoms with Gasteiger partial charge in [0.2, 0.25) is 10.0 Å². The number of hydrogen-bond donors (Lipinski definition) is 2. The third-order valence-corrected chi connectivity index (χ3v) is 5.10. The summed E-state index contributed by atoms with van der Waals surface area (Å²) >= 11 is 0. The fourth-order valence-corrected chi connectivity index (χ4v) is 3.79. The van der Waals surface area contributed by atoms with Crippen LogP contribution in [0.5, 0.6) is 0 Å². The Balaban J connectivity index is 1.66. The molecule has 8 heteroatoms. The van der Waals surface area contributed by atoms with Crippen molar-refractivity contribution < 1.29 is 12.9 Å². The molecule has 0 aliphatic carbocycles. The van der Waals surface area contributed by atoms with Gasteiger partial charge in [0.15, 0.2) is 5.58 Å². The quantitative estimate of drug-likeness (QED) is 0.505. The summed E-state index contributed by atoms with van der Waals surface area (Å²) in [6.07, 6.45) is 1.53. The van der Waals surface area contributed by atoms with Crippen LogP contribution in [0.25, 0.3) is 22.2 Å². The fourth-order valence-electron chi connectivity index (χ4n) is 3.29. The van der Waals surface area contributed by atoms with Crippen molar-refractivity contribution in [3.8, 4) is 11.3 Å². The zero-order chi connectivity index (χ0) is 20.4. The number of nitrogens with one attached hydrogen (secondary N) is 1. The van der Waals surface area contributed by atoms with E-state index in [4.69, 9.17) is 10.3 Å². The van der Waals surface area contributed by atoms with Gasteiger partial charge >= 0.3 is 0 Å². The van der Waals surface area contributed by atoms with E-state index in [0.717, 1.165) is 28.5 Å². The molecule has 0 saturated heterocycles. The summed E-state index contributed by atoms with van der Waals surface area (Å²) in [4.78, 5) is 4.36. The maximum absolute atomic E-state index is 11.4. The summed E-state index contributed by atoms with van der Waals surface area (Å²) < 4.78 is 30.7. The van der Waals surface area contributed by atoms with E-state index in [0.29, 0.717) is 17.7 Å². The largest absolute Gasteiger partial charge is 0.356 e. The SMILES string of the molecule is CS(=O)(=O)Nc1cccc(C[C@H](N)c2ccccc2-c2noc3ccccc23)n1. The number of anilines is 1. The van der Waals surface area contributed by atoms with Crippen LogP contribution in [0.3, 0.4) is 0 Å². The number of sulfonamides is 1. The first-order valence-electron chi connectivity index (χ1n) is 9.04. The Hall–Kier alpha value is -3.23. The van der Waals surface area contributed by atoms with Crippen LogP contribution in [0, 0.1) is 0 Å². The van der Waals surface area contributed by atoms with Crippen LogP contribution in [-0.2, 0) is 16.4 Å². The average Bonchev–Trinajstić information content (AvgIpc) is 3.11. The second-order valence-electron chi connectivity index (χ2n) is 6.81. The van der Waals surface area contributed by atoms with Crippen LogP contribution in [0.4, 0.5) is 5.82 Å². The van der Waals surface area contributed by atoms with Crippen LogP contribution in [0.1, 0.15) is 17.3 Å². The number of pyridine rings is 1. The molecule has 0 bridgehead atoms. The minimum Gasteiger partial charge on any atom is -0.356 e. The van der Waals surface area contributed by atoms with E-state index in [-0.39, 0.29) is 11.9 Å². The van der Waals surface area contributed by atoms with Crippen LogP contribution in [0.15, 0.2) is 71.3 Å². The van der Waals surface area contributed by atoms with Crippen LogP contribution in [0.2, 0.25) is 0 Å². The van der Waals surface area contributed by atoms with Crippen LogP contribution in [-0.4, -0.2) is 24.8 Å². The Morgan fingerprint density at radius 3 is 2.62 bits per heavy atom. The number of nitrogens with two attached hydrogens (primary N) is 1. The van der Waals surface area contributed by atoms with Crippen LogP contribution >= 0.6 is 0 Å². The summed E-state index contributed by atoms with van der Waals surface area (Å²) in [6.45, 7) is 0. The molecule has 0 radical (unpaired) electrons. The van der Waals surface area contributed by atoms with Gasteiger partial charge in [0, 0.05) is 29.1 Å². The molecule has 0 unspecified atom stereocenters. The Morgan fingerprint density at radius 2 is 1.79 bits per heavy atom. The van der Waals surface area contributed by atoms with E-state index in [1.165, 1.54) is 0 Å². The van der Waals surface area contributed by atoms with E-state index in [1.807, 2.05) is 54.6 Å². The molecule has 29 heavy (non-hydrogen) atoms. The van der Waals surface area contributed by atoms with E-state index < -0.39 is 10.0 Å². The smallest absolute Gasteiger partial charge is 0.230 e. The maximum Gasteiger partial charge on any atom is 0.230 e. The van der Waals surface area contributed by atoms with Crippen molar-refractivity contribution in [3.05, 3.63) is 78.0 Å². The molecule has 2 aromatic heterocycles. The van der Waals surface area contributed by atoms with Gasteiger partial charge < -0.3 is 10.3 Å². The highest BCUT2D eigenvalue weighted by Crippen LogP contribution is 2.33. The van der Waals surface area contributed by atoms with E-state index in [1.54, 1.807) is 12.1 Å². The van der Waals surface area contributed by atoms with Crippen molar-refractivity contribution in [1.82, 2.24) is 10.1 Å². The Kier molecular flexibility index (Phi) is 5.04. The minimum absolute atomic E-state index is 0.271. The standard InChI is InChI=1S/C21H20N4O3S/c1-29(26,27)25-20-12-6-7-14(23-20)13-18(22)15-8-2-3-9-16(15)21-17-10-4-5-11-19(17)28-24-21/h2-12,18H,13,22H2,1H3,(H,23,25)/t18-/m0/s1. The molecule has 4 rings (SSSR count). The maximum atomic E-state index is 11.4. The highest BCUT2D eigenvalue weighted by Gasteiger charge is 2.18. The molecule has 0 aliphatic heterocycles. The van der Waals surface area contributed by atoms with Gasteiger partial charge in [-0.3, -0.25) is 4.72 Å². The van der Waals surface area contributed by atoms with Crippen LogP contribution < -0.4 is 10.5 Å². The first-order chi connectivity index (χ1) is 13.9. The predicted molar refractivity (Wildman–Crippen MR) is 113 cm³/mol. The number of rotatable bonds is 6. The molecule has 1 atom stereocenters. The highest BCUT2D eigenvalue weighted by atomic mass is 32.2. The normalized spacial score (nSPS) is 12.8. The summed E-state index contributed by atoms with van der Waals surface area (Å²) in [5.41, 5.74) is 10.5. The lowest BCUT2D eigenvalue weighted by molar-refractivity contribution is 0.459. The average molecular weight is 408 g/mol. The van der Waals surface area contributed by atoms with Gasteiger partial charge in [-0.25, -0.2) is 13.4 Å². The molecule has 0 fully saturated rings. The third-order valence-electron chi connectivity index (χ3n) is 4.52. The van der Waals surface area contributed by atoms with Crippen molar-refractivity contribution in [3.63, 3.8) is 0 Å². The van der Waals surface area contributed by atoms with Gasteiger partial charge in [-0.2, -0.15) is 0 Å². The minimum atomic E-state index is -3.39. The lowest BCUT2D eigenvalue weighted by atomic mass is 9.94. The molecule has 2 aromatic carbocycles. The number of aromatic nitrogens is 2. The van der Waals surface area contributed by atoms with Gasteiger partial charge in [-0.05, 0) is 29.8 Å². The van der Waals surface area contributed by atoms with E-state index in [2.05, 4.69) is 14.9 Å². The molecular formula is C21H20N4O3S. The Morgan fingerprint density at radius 1 is 1.03 bits per heavy atom. The zero-order valence-electron chi connectivity index (χ0n) is 15.7. The number of fused-ring (bicyclic) bond motifs is 1. The fraction of sp³-hybridized carbons (Fsp3) is 0.143. The second kappa shape index (κ2) is 7.65. The van der Waals surface area contributed by atoms with Crippen molar-refractivity contribution in [1.29, 1.82) is 0 Å².